The first-order chi connectivity index (χ1) is 19.5. The number of likely N-dealkylation sites (N-methyl/N-ethyl adjacent to an activating group) is 2. The molecule has 0 radical (unpaired) electrons. The summed E-state index contributed by atoms with van der Waals surface area (Å²) in [4.78, 5) is 5.25. The van der Waals surface area contributed by atoms with Gasteiger partial charge < -0.3 is 19.3 Å². The van der Waals surface area contributed by atoms with E-state index in [4.69, 9.17) is 9.47 Å². The van der Waals surface area contributed by atoms with Crippen LogP contribution in [0, 0.1) is 11.8 Å². The topological polar surface area (TPSA) is 24.9 Å². The van der Waals surface area contributed by atoms with E-state index in [-0.39, 0.29) is 0 Å². The number of nitrogens with zero attached hydrogens (tertiary/aromatic N) is 2. The number of likely N-dealkylation sites (tertiary alicyclic amines) is 2. The average molecular weight is 543 g/mol. The van der Waals surface area contributed by atoms with Crippen LogP contribution in [0.25, 0.3) is 0 Å². The summed E-state index contributed by atoms with van der Waals surface area (Å²) in [6.07, 6.45) is 16.4. The highest BCUT2D eigenvalue weighted by Crippen LogP contribution is 2.57. The van der Waals surface area contributed by atoms with Gasteiger partial charge in [-0.1, -0.05) is 37.8 Å². The lowest BCUT2D eigenvalue weighted by Crippen LogP contribution is -2.59. The molecule has 2 aromatic carbocycles. The molecule has 2 aromatic rings. The molecule has 216 valence electrons. The molecule has 2 aliphatic heterocycles. The zero-order chi connectivity index (χ0) is 27.5. The molecule has 2 saturated heterocycles. The quantitative estimate of drug-likeness (QED) is 0.418. The first-order valence-electron chi connectivity index (χ1n) is 16.2. The van der Waals surface area contributed by atoms with Crippen molar-refractivity contribution >= 4 is 0 Å². The van der Waals surface area contributed by atoms with Gasteiger partial charge in [-0.2, -0.15) is 0 Å². The second-order valence-corrected chi connectivity index (χ2v) is 14.1. The van der Waals surface area contributed by atoms with Crippen LogP contribution < -0.4 is 9.47 Å². The van der Waals surface area contributed by atoms with Gasteiger partial charge in [0.05, 0.1) is 14.2 Å². The molecule has 4 bridgehead atoms. The number of methoxy groups -OCH3 is 2. The minimum Gasteiger partial charge on any atom is -0.497 e. The fraction of sp³-hybridized carbons (Fsp3) is 0.667. The Morgan fingerprint density at radius 3 is 1.50 bits per heavy atom. The molecule has 4 aliphatic carbocycles. The third kappa shape index (κ3) is 4.07. The van der Waals surface area contributed by atoms with Crippen molar-refractivity contribution in [3.05, 3.63) is 58.7 Å². The van der Waals surface area contributed by atoms with Crippen LogP contribution in [0.3, 0.4) is 0 Å². The number of hydrogen-bond donors (Lipinski definition) is 0. The third-order valence-electron chi connectivity index (χ3n) is 12.6. The Balaban J connectivity index is 0.000000132. The Morgan fingerprint density at radius 1 is 0.625 bits per heavy atom. The van der Waals surface area contributed by atoms with Gasteiger partial charge in [0.1, 0.15) is 11.5 Å². The summed E-state index contributed by atoms with van der Waals surface area (Å²) >= 11 is 0. The largest absolute Gasteiger partial charge is 0.497 e. The van der Waals surface area contributed by atoms with Crippen molar-refractivity contribution in [1.82, 2.24) is 9.80 Å². The molecule has 0 unspecified atom stereocenters. The standard InChI is InChI=1S/2C18H25NO/c2*1-19-10-9-18-8-4-3-5-15(18)17(19)11-13-6-7-14(20-2)12-16(13)18/h2*6-7,12,15,17H,3-5,8-11H2,1-2H3/t2*15-,17+,18+/m11/s1. The highest BCUT2D eigenvalue weighted by atomic mass is 16.5. The van der Waals surface area contributed by atoms with Crippen LogP contribution in [0.15, 0.2) is 36.4 Å². The molecule has 40 heavy (non-hydrogen) atoms. The summed E-state index contributed by atoms with van der Waals surface area (Å²) in [7, 11) is 8.24. The molecular formula is C36H50N2O2. The van der Waals surface area contributed by atoms with Gasteiger partial charge in [0, 0.05) is 22.9 Å². The maximum Gasteiger partial charge on any atom is 0.119 e. The summed E-state index contributed by atoms with van der Waals surface area (Å²) in [6, 6.07) is 15.2. The summed E-state index contributed by atoms with van der Waals surface area (Å²) in [6.45, 7) is 2.52. The van der Waals surface area contributed by atoms with Crippen molar-refractivity contribution in [2.75, 3.05) is 41.4 Å². The minimum absolute atomic E-state index is 0.456. The van der Waals surface area contributed by atoms with Crippen LogP contribution in [0.1, 0.15) is 86.5 Å². The molecule has 4 fully saturated rings. The monoisotopic (exact) mass is 542 g/mol. The average Bonchev–Trinajstić information content (AvgIpc) is 3.00. The van der Waals surface area contributed by atoms with Crippen LogP contribution in [-0.2, 0) is 23.7 Å². The maximum atomic E-state index is 5.51. The molecular weight excluding hydrogens is 492 g/mol. The number of benzene rings is 2. The van der Waals surface area contributed by atoms with Gasteiger partial charge in [-0.05, 0) is 137 Å². The van der Waals surface area contributed by atoms with E-state index in [1.54, 1.807) is 36.5 Å². The van der Waals surface area contributed by atoms with E-state index in [1.807, 2.05) is 0 Å². The third-order valence-corrected chi connectivity index (χ3v) is 12.6. The fourth-order valence-corrected chi connectivity index (χ4v) is 10.6. The van der Waals surface area contributed by atoms with E-state index in [1.165, 1.54) is 90.1 Å². The van der Waals surface area contributed by atoms with Gasteiger partial charge in [-0.25, -0.2) is 0 Å². The Morgan fingerprint density at radius 2 is 1.07 bits per heavy atom. The van der Waals surface area contributed by atoms with E-state index in [0.29, 0.717) is 10.8 Å². The summed E-state index contributed by atoms with van der Waals surface area (Å²) in [5.41, 5.74) is 7.34. The van der Waals surface area contributed by atoms with Gasteiger partial charge in [-0.15, -0.1) is 0 Å². The van der Waals surface area contributed by atoms with Crippen molar-refractivity contribution in [3.8, 4) is 11.5 Å². The van der Waals surface area contributed by atoms with Crippen molar-refractivity contribution in [1.29, 1.82) is 0 Å². The number of fused-ring (bicyclic) bond motifs is 2. The van der Waals surface area contributed by atoms with Crippen LogP contribution >= 0.6 is 0 Å². The predicted molar refractivity (Wildman–Crippen MR) is 163 cm³/mol. The van der Waals surface area contributed by atoms with E-state index in [0.717, 1.165) is 35.4 Å². The molecule has 4 heteroatoms. The van der Waals surface area contributed by atoms with Crippen LogP contribution in [0.4, 0.5) is 0 Å². The van der Waals surface area contributed by atoms with Gasteiger partial charge in [0.15, 0.2) is 0 Å². The molecule has 0 N–H and O–H groups in total. The highest BCUT2D eigenvalue weighted by molar-refractivity contribution is 5.47. The minimum atomic E-state index is 0.456. The number of rotatable bonds is 2. The lowest BCUT2D eigenvalue weighted by Gasteiger charge is -2.58. The molecule has 2 saturated carbocycles. The second kappa shape index (κ2) is 10.3. The van der Waals surface area contributed by atoms with Gasteiger partial charge in [0.25, 0.3) is 0 Å². The second-order valence-electron chi connectivity index (χ2n) is 14.1. The molecule has 0 amide bonds. The van der Waals surface area contributed by atoms with Gasteiger partial charge >= 0.3 is 0 Å². The van der Waals surface area contributed by atoms with Crippen LogP contribution in [-0.4, -0.2) is 63.3 Å². The number of ether oxygens (including phenoxy) is 2. The van der Waals surface area contributed by atoms with E-state index >= 15 is 0 Å². The Kier molecular flexibility index (Phi) is 6.94. The zero-order valence-electron chi connectivity index (χ0n) is 25.4. The Labute approximate surface area is 242 Å². The van der Waals surface area contributed by atoms with E-state index in [9.17, 15) is 0 Å². The molecule has 2 heterocycles. The molecule has 8 rings (SSSR count). The molecule has 6 atom stereocenters. The zero-order valence-corrected chi connectivity index (χ0v) is 25.4. The first kappa shape index (κ1) is 26.8. The van der Waals surface area contributed by atoms with Crippen molar-refractivity contribution in [2.45, 2.75) is 100.0 Å². The fourth-order valence-electron chi connectivity index (χ4n) is 10.6. The van der Waals surface area contributed by atoms with Gasteiger partial charge in [-0.3, -0.25) is 0 Å². The smallest absolute Gasteiger partial charge is 0.119 e. The van der Waals surface area contributed by atoms with Crippen molar-refractivity contribution in [3.63, 3.8) is 0 Å². The molecule has 4 nitrogen and oxygen atoms in total. The Bertz CT molecular complexity index is 1150. The maximum absolute atomic E-state index is 5.51. The number of piperidine rings is 2. The molecule has 6 aliphatic rings. The summed E-state index contributed by atoms with van der Waals surface area (Å²) < 4.78 is 11.0. The number of hydrogen-bond acceptors (Lipinski definition) is 4. The van der Waals surface area contributed by atoms with Crippen molar-refractivity contribution in [2.24, 2.45) is 11.8 Å². The molecule has 0 aromatic heterocycles. The van der Waals surface area contributed by atoms with Crippen LogP contribution in [0.5, 0.6) is 11.5 Å². The van der Waals surface area contributed by atoms with E-state index < -0.39 is 0 Å². The summed E-state index contributed by atoms with van der Waals surface area (Å²) in [5.74, 6) is 3.82. The van der Waals surface area contributed by atoms with Crippen LogP contribution in [0.2, 0.25) is 0 Å². The molecule has 0 spiro atoms. The lowest BCUT2D eigenvalue weighted by atomic mass is 9.52. The first-order valence-corrected chi connectivity index (χ1v) is 16.2. The van der Waals surface area contributed by atoms with Gasteiger partial charge in [0.2, 0.25) is 0 Å². The predicted octanol–water partition coefficient (Wildman–Crippen LogP) is 6.77. The summed E-state index contributed by atoms with van der Waals surface area (Å²) in [5, 5.41) is 0. The van der Waals surface area contributed by atoms with E-state index in [2.05, 4.69) is 60.3 Å². The Hall–Kier alpha value is -2.04. The van der Waals surface area contributed by atoms with Crippen molar-refractivity contribution < 1.29 is 9.47 Å². The normalized spacial score (nSPS) is 36.1. The SMILES string of the molecule is COc1ccc2c(c1)[C@]13CCCC[C@@H]1[C@H](C2)N(C)CC3.COc1ccc2c(c1)[C@]13CCCC[C@@H]1[C@H](C2)N(C)CC3. The highest BCUT2D eigenvalue weighted by Gasteiger charge is 2.54. The lowest BCUT2D eigenvalue weighted by molar-refractivity contribution is 0.00272.